The van der Waals surface area contributed by atoms with Crippen LogP contribution < -0.4 is 0 Å². The molecule has 1 atom stereocenters. The molecule has 1 amide bonds. The highest BCUT2D eigenvalue weighted by molar-refractivity contribution is 7.85. The standard InChI is InChI=1S/C11H21NO6S/c1-11(2,3)18-10(13)12-5-6-16-7-9(12)8-17-19(4,14)15/h9H,5-8H2,1-4H3/t9-/m0/s1. The molecule has 0 aliphatic carbocycles. The number of amides is 1. The van der Waals surface area contributed by atoms with Gasteiger partial charge >= 0.3 is 6.09 Å². The van der Waals surface area contributed by atoms with Crippen LogP contribution in [0.3, 0.4) is 0 Å². The van der Waals surface area contributed by atoms with Crippen LogP contribution in [0.15, 0.2) is 0 Å². The van der Waals surface area contributed by atoms with Gasteiger partial charge in [0.15, 0.2) is 0 Å². The summed E-state index contributed by atoms with van der Waals surface area (Å²) in [5.74, 6) is 0. The zero-order chi connectivity index (χ0) is 14.7. The van der Waals surface area contributed by atoms with Crippen LogP contribution in [0.1, 0.15) is 20.8 Å². The molecule has 1 saturated heterocycles. The Labute approximate surface area is 113 Å². The van der Waals surface area contributed by atoms with Gasteiger partial charge in [0.25, 0.3) is 10.1 Å². The highest BCUT2D eigenvalue weighted by Gasteiger charge is 2.31. The van der Waals surface area contributed by atoms with Crippen LogP contribution in [0.25, 0.3) is 0 Å². The Kier molecular flexibility index (Phi) is 5.17. The van der Waals surface area contributed by atoms with Crippen molar-refractivity contribution in [2.45, 2.75) is 32.4 Å². The predicted octanol–water partition coefficient (Wildman–Crippen LogP) is 0.599. The van der Waals surface area contributed by atoms with E-state index in [1.807, 2.05) is 0 Å². The Bertz CT molecular complexity index is 413. The third-order valence-corrected chi connectivity index (χ3v) is 2.89. The summed E-state index contributed by atoms with van der Waals surface area (Å²) in [5, 5.41) is 0. The quantitative estimate of drug-likeness (QED) is 0.709. The van der Waals surface area contributed by atoms with Gasteiger partial charge in [-0.2, -0.15) is 8.42 Å². The van der Waals surface area contributed by atoms with E-state index < -0.39 is 27.9 Å². The zero-order valence-corrected chi connectivity index (χ0v) is 12.5. The lowest BCUT2D eigenvalue weighted by Gasteiger charge is -2.36. The number of morpholine rings is 1. The maximum atomic E-state index is 12.0. The van der Waals surface area contributed by atoms with Crippen LogP contribution in [-0.2, 0) is 23.8 Å². The molecule has 1 aliphatic rings. The third kappa shape index (κ3) is 6.22. The molecule has 1 fully saturated rings. The van der Waals surface area contributed by atoms with Crippen LogP contribution in [-0.4, -0.2) is 63.7 Å². The fourth-order valence-electron chi connectivity index (χ4n) is 1.56. The Morgan fingerprint density at radius 2 is 2.05 bits per heavy atom. The summed E-state index contributed by atoms with van der Waals surface area (Å²) in [7, 11) is -3.54. The van der Waals surface area contributed by atoms with Crippen molar-refractivity contribution in [3.8, 4) is 0 Å². The van der Waals surface area contributed by atoms with Gasteiger partial charge in [-0.15, -0.1) is 0 Å². The molecular formula is C11H21NO6S. The van der Waals surface area contributed by atoms with E-state index in [0.29, 0.717) is 13.2 Å². The lowest BCUT2D eigenvalue weighted by atomic mass is 10.2. The van der Waals surface area contributed by atoms with E-state index in [2.05, 4.69) is 0 Å². The molecule has 1 rings (SSSR count). The minimum absolute atomic E-state index is 0.127. The molecule has 0 aromatic carbocycles. The molecule has 0 bridgehead atoms. The van der Waals surface area contributed by atoms with Gasteiger partial charge in [-0.25, -0.2) is 4.79 Å². The van der Waals surface area contributed by atoms with Gasteiger partial charge in [0.2, 0.25) is 0 Å². The van der Waals surface area contributed by atoms with Gasteiger partial charge in [-0.05, 0) is 20.8 Å². The maximum absolute atomic E-state index is 12.0. The Balaban J connectivity index is 2.64. The van der Waals surface area contributed by atoms with Gasteiger partial charge in [0.05, 0.1) is 32.1 Å². The minimum Gasteiger partial charge on any atom is -0.444 e. The van der Waals surface area contributed by atoms with Crippen molar-refractivity contribution in [3.63, 3.8) is 0 Å². The van der Waals surface area contributed by atoms with E-state index in [0.717, 1.165) is 6.26 Å². The Morgan fingerprint density at radius 3 is 2.58 bits per heavy atom. The van der Waals surface area contributed by atoms with E-state index >= 15 is 0 Å². The van der Waals surface area contributed by atoms with E-state index in [9.17, 15) is 13.2 Å². The lowest BCUT2D eigenvalue weighted by Crippen LogP contribution is -2.52. The summed E-state index contributed by atoms with van der Waals surface area (Å²) in [6.07, 6.45) is 0.479. The van der Waals surface area contributed by atoms with Gasteiger partial charge in [-0.1, -0.05) is 0 Å². The molecule has 0 aromatic rings. The van der Waals surface area contributed by atoms with Crippen LogP contribution in [0.5, 0.6) is 0 Å². The first kappa shape index (κ1) is 16.2. The summed E-state index contributed by atoms with van der Waals surface area (Å²) >= 11 is 0. The molecule has 0 N–H and O–H groups in total. The van der Waals surface area contributed by atoms with Crippen molar-refractivity contribution in [2.75, 3.05) is 32.6 Å². The molecule has 0 saturated carbocycles. The molecular weight excluding hydrogens is 274 g/mol. The number of rotatable bonds is 3. The first-order valence-corrected chi connectivity index (χ1v) is 7.82. The average molecular weight is 295 g/mol. The molecule has 1 heterocycles. The van der Waals surface area contributed by atoms with Gasteiger partial charge in [0, 0.05) is 6.54 Å². The second-order valence-corrected chi connectivity index (χ2v) is 7.04. The number of hydrogen-bond acceptors (Lipinski definition) is 6. The largest absolute Gasteiger partial charge is 0.444 e. The monoisotopic (exact) mass is 295 g/mol. The number of ether oxygens (including phenoxy) is 2. The van der Waals surface area contributed by atoms with Crippen LogP contribution in [0.2, 0.25) is 0 Å². The molecule has 7 nitrogen and oxygen atoms in total. The molecule has 8 heteroatoms. The predicted molar refractivity (Wildman–Crippen MR) is 68.3 cm³/mol. The first-order chi connectivity index (χ1) is 8.58. The van der Waals surface area contributed by atoms with Crippen molar-refractivity contribution >= 4 is 16.2 Å². The van der Waals surface area contributed by atoms with Crippen molar-refractivity contribution < 1.29 is 26.9 Å². The van der Waals surface area contributed by atoms with E-state index in [1.165, 1.54) is 4.90 Å². The van der Waals surface area contributed by atoms with Crippen molar-refractivity contribution in [1.29, 1.82) is 0 Å². The zero-order valence-electron chi connectivity index (χ0n) is 11.7. The third-order valence-electron chi connectivity index (χ3n) is 2.33. The lowest BCUT2D eigenvalue weighted by molar-refractivity contribution is -0.0413. The molecule has 1 aliphatic heterocycles. The summed E-state index contributed by atoms with van der Waals surface area (Å²) in [6, 6.07) is -0.460. The number of carbonyl (C=O) groups is 1. The molecule has 0 radical (unpaired) electrons. The molecule has 0 spiro atoms. The topological polar surface area (TPSA) is 82.1 Å². The van der Waals surface area contributed by atoms with Crippen molar-refractivity contribution in [3.05, 3.63) is 0 Å². The molecule has 112 valence electrons. The van der Waals surface area contributed by atoms with E-state index in [1.54, 1.807) is 20.8 Å². The van der Waals surface area contributed by atoms with Crippen molar-refractivity contribution in [1.82, 2.24) is 4.90 Å². The van der Waals surface area contributed by atoms with Gasteiger partial charge in [0.1, 0.15) is 5.60 Å². The number of nitrogens with zero attached hydrogens (tertiary/aromatic N) is 1. The second-order valence-electron chi connectivity index (χ2n) is 5.39. The van der Waals surface area contributed by atoms with Crippen LogP contribution >= 0.6 is 0 Å². The van der Waals surface area contributed by atoms with Crippen LogP contribution in [0, 0.1) is 0 Å². The maximum Gasteiger partial charge on any atom is 0.410 e. The van der Waals surface area contributed by atoms with Gasteiger partial charge < -0.3 is 9.47 Å². The van der Waals surface area contributed by atoms with E-state index in [4.69, 9.17) is 13.7 Å². The molecule has 0 aromatic heterocycles. The minimum atomic E-state index is -3.54. The Hall–Kier alpha value is -0.860. The Morgan fingerprint density at radius 1 is 1.42 bits per heavy atom. The first-order valence-electron chi connectivity index (χ1n) is 6.00. The summed E-state index contributed by atoms with van der Waals surface area (Å²) in [4.78, 5) is 13.4. The average Bonchev–Trinajstić information content (AvgIpc) is 2.23. The summed E-state index contributed by atoms with van der Waals surface area (Å²) in [5.41, 5.74) is -0.600. The van der Waals surface area contributed by atoms with E-state index in [-0.39, 0.29) is 13.2 Å². The second kappa shape index (κ2) is 6.06. The van der Waals surface area contributed by atoms with Gasteiger partial charge in [-0.3, -0.25) is 9.08 Å². The normalized spacial score (nSPS) is 21.3. The highest BCUT2D eigenvalue weighted by Crippen LogP contribution is 2.15. The SMILES string of the molecule is CC(C)(C)OC(=O)N1CCOC[C@H]1COS(C)(=O)=O. The fourth-order valence-corrected chi connectivity index (χ4v) is 1.96. The smallest absolute Gasteiger partial charge is 0.410 e. The van der Waals surface area contributed by atoms with Crippen molar-refractivity contribution in [2.24, 2.45) is 0 Å². The highest BCUT2D eigenvalue weighted by atomic mass is 32.2. The molecule has 19 heavy (non-hydrogen) atoms. The summed E-state index contributed by atoms with van der Waals surface area (Å²) in [6.45, 7) is 6.17. The number of carbonyl (C=O) groups excluding carboxylic acids is 1. The summed E-state index contributed by atoms with van der Waals surface area (Å²) < 4.78 is 37.2. The number of hydrogen-bond donors (Lipinski definition) is 0. The van der Waals surface area contributed by atoms with Crippen LogP contribution in [0.4, 0.5) is 4.79 Å². The molecule has 0 unspecified atom stereocenters. The fraction of sp³-hybridized carbons (Fsp3) is 0.909.